The van der Waals surface area contributed by atoms with E-state index in [2.05, 4.69) is 15.4 Å². The number of rotatable bonds is 4. The second-order valence-electron chi connectivity index (χ2n) is 4.46. The van der Waals surface area contributed by atoms with E-state index in [0.717, 1.165) is 0 Å². The van der Waals surface area contributed by atoms with Gasteiger partial charge in [0.1, 0.15) is 11.9 Å². The summed E-state index contributed by atoms with van der Waals surface area (Å²) >= 11 is 0. The molecule has 0 aliphatic rings. The van der Waals surface area contributed by atoms with Gasteiger partial charge in [-0.25, -0.2) is 4.39 Å². The van der Waals surface area contributed by atoms with E-state index in [1.54, 1.807) is 19.1 Å². The minimum atomic E-state index is -0.647. The number of hydrogen-bond donors (Lipinski definition) is 0. The molecular weight excluding hydrogens is 275 g/mol. The summed E-state index contributed by atoms with van der Waals surface area (Å²) in [6, 6.07) is 8.10. The van der Waals surface area contributed by atoms with Gasteiger partial charge in [0.25, 0.3) is 0 Å². The molecule has 0 radical (unpaired) electrons. The zero-order chi connectivity index (χ0) is 14.8. The molecule has 2 heterocycles. The molecule has 0 saturated carbocycles. The zero-order valence-corrected chi connectivity index (χ0v) is 11.1. The van der Waals surface area contributed by atoms with Crippen LogP contribution in [0.5, 0.6) is 0 Å². The normalized spacial score (nSPS) is 12.3. The SMILES string of the molecule is CC(C(=O)c1ccc(F)cc1)n1nnc(-c2ccco2)n1. The summed E-state index contributed by atoms with van der Waals surface area (Å²) < 4.78 is 18.0. The van der Waals surface area contributed by atoms with E-state index in [-0.39, 0.29) is 5.78 Å². The molecule has 0 aliphatic carbocycles. The fraction of sp³-hybridized carbons (Fsp3) is 0.143. The van der Waals surface area contributed by atoms with Gasteiger partial charge in [-0.15, -0.1) is 10.2 Å². The Kier molecular flexibility index (Phi) is 3.31. The molecule has 2 aromatic heterocycles. The molecule has 0 spiro atoms. The lowest BCUT2D eigenvalue weighted by molar-refractivity contribution is 0.0918. The molecule has 7 heteroatoms. The summed E-state index contributed by atoms with van der Waals surface area (Å²) in [6.45, 7) is 1.65. The van der Waals surface area contributed by atoms with Gasteiger partial charge in [0, 0.05) is 5.56 Å². The van der Waals surface area contributed by atoms with E-state index >= 15 is 0 Å². The Bertz CT molecular complexity index is 750. The van der Waals surface area contributed by atoms with Gasteiger partial charge < -0.3 is 4.42 Å². The number of ketones is 1. The Morgan fingerprint density at radius 3 is 2.71 bits per heavy atom. The Morgan fingerprint density at radius 2 is 2.05 bits per heavy atom. The van der Waals surface area contributed by atoms with Crippen LogP contribution in [-0.2, 0) is 0 Å². The predicted molar refractivity (Wildman–Crippen MR) is 71.0 cm³/mol. The fourth-order valence-electron chi connectivity index (χ4n) is 1.85. The third-order valence-corrected chi connectivity index (χ3v) is 3.02. The number of carbonyl (C=O) groups is 1. The van der Waals surface area contributed by atoms with Gasteiger partial charge >= 0.3 is 0 Å². The molecule has 21 heavy (non-hydrogen) atoms. The molecule has 0 fully saturated rings. The lowest BCUT2D eigenvalue weighted by Crippen LogP contribution is -2.19. The third kappa shape index (κ3) is 2.58. The minimum absolute atomic E-state index is 0.224. The molecule has 3 rings (SSSR count). The van der Waals surface area contributed by atoms with Crippen molar-refractivity contribution in [3.8, 4) is 11.6 Å². The van der Waals surface area contributed by atoms with Crippen LogP contribution >= 0.6 is 0 Å². The largest absolute Gasteiger partial charge is 0.461 e. The number of hydrogen-bond acceptors (Lipinski definition) is 5. The molecule has 1 aromatic carbocycles. The highest BCUT2D eigenvalue weighted by Crippen LogP contribution is 2.17. The highest BCUT2D eigenvalue weighted by Gasteiger charge is 2.20. The van der Waals surface area contributed by atoms with E-state index in [1.807, 2.05) is 0 Å². The molecule has 3 aromatic rings. The first-order chi connectivity index (χ1) is 10.1. The van der Waals surface area contributed by atoms with Crippen LogP contribution in [0.3, 0.4) is 0 Å². The van der Waals surface area contributed by atoms with Crippen molar-refractivity contribution in [1.29, 1.82) is 0 Å². The van der Waals surface area contributed by atoms with Crippen molar-refractivity contribution in [3.05, 3.63) is 54.0 Å². The molecule has 106 valence electrons. The van der Waals surface area contributed by atoms with Crippen LogP contribution in [0.25, 0.3) is 11.6 Å². The highest BCUT2D eigenvalue weighted by atomic mass is 19.1. The van der Waals surface area contributed by atoms with E-state index in [4.69, 9.17) is 4.42 Å². The highest BCUT2D eigenvalue weighted by molar-refractivity contribution is 5.98. The van der Waals surface area contributed by atoms with Gasteiger partial charge in [-0.2, -0.15) is 4.80 Å². The average Bonchev–Trinajstić information content (AvgIpc) is 3.17. The summed E-state index contributed by atoms with van der Waals surface area (Å²) in [5.41, 5.74) is 0.390. The molecule has 6 nitrogen and oxygen atoms in total. The zero-order valence-electron chi connectivity index (χ0n) is 11.1. The molecule has 0 bridgehead atoms. The van der Waals surface area contributed by atoms with Gasteiger partial charge in [-0.05, 0) is 48.5 Å². The van der Waals surface area contributed by atoms with Crippen molar-refractivity contribution in [1.82, 2.24) is 20.2 Å². The second-order valence-corrected chi connectivity index (χ2v) is 4.46. The molecule has 0 amide bonds. The number of furan rings is 1. The van der Waals surface area contributed by atoms with Crippen molar-refractivity contribution in [2.45, 2.75) is 13.0 Å². The summed E-state index contributed by atoms with van der Waals surface area (Å²) in [5, 5.41) is 11.8. The Morgan fingerprint density at radius 1 is 1.29 bits per heavy atom. The number of aromatic nitrogens is 4. The van der Waals surface area contributed by atoms with Crippen LogP contribution < -0.4 is 0 Å². The first-order valence-corrected chi connectivity index (χ1v) is 6.28. The van der Waals surface area contributed by atoms with E-state index in [0.29, 0.717) is 17.1 Å². The average molecular weight is 286 g/mol. The van der Waals surface area contributed by atoms with Gasteiger partial charge in [-0.3, -0.25) is 4.79 Å². The number of halogens is 1. The van der Waals surface area contributed by atoms with E-state index in [1.165, 1.54) is 35.3 Å². The first-order valence-electron chi connectivity index (χ1n) is 6.28. The number of benzene rings is 1. The third-order valence-electron chi connectivity index (χ3n) is 3.02. The number of tetrazole rings is 1. The topological polar surface area (TPSA) is 73.8 Å². The Hall–Kier alpha value is -2.83. The maximum Gasteiger partial charge on any atom is 0.240 e. The van der Waals surface area contributed by atoms with E-state index < -0.39 is 11.9 Å². The fourth-order valence-corrected chi connectivity index (χ4v) is 1.85. The van der Waals surface area contributed by atoms with Crippen molar-refractivity contribution < 1.29 is 13.6 Å². The standard InChI is InChI=1S/C14H11FN4O2/c1-9(13(20)10-4-6-11(15)7-5-10)19-17-14(16-18-19)12-3-2-8-21-12/h2-9H,1H3. The van der Waals surface area contributed by atoms with Crippen molar-refractivity contribution in [2.24, 2.45) is 0 Å². The summed E-state index contributed by atoms with van der Waals surface area (Å²) in [5.74, 6) is 0.165. The van der Waals surface area contributed by atoms with Crippen LogP contribution in [-0.4, -0.2) is 26.0 Å². The quantitative estimate of drug-likeness (QED) is 0.689. The molecular formula is C14H11FN4O2. The number of nitrogens with zero attached hydrogens (tertiary/aromatic N) is 4. The summed E-state index contributed by atoms with van der Waals surface area (Å²) in [7, 11) is 0. The molecule has 1 unspecified atom stereocenters. The molecule has 0 saturated heterocycles. The van der Waals surface area contributed by atoms with Crippen LogP contribution in [0.4, 0.5) is 4.39 Å². The first kappa shape index (κ1) is 13.2. The van der Waals surface area contributed by atoms with Gasteiger partial charge in [-0.1, -0.05) is 0 Å². The van der Waals surface area contributed by atoms with Gasteiger partial charge in [0.05, 0.1) is 6.26 Å². The molecule has 0 aliphatic heterocycles. The van der Waals surface area contributed by atoms with Crippen LogP contribution in [0.1, 0.15) is 23.3 Å². The Balaban J connectivity index is 1.83. The van der Waals surface area contributed by atoms with Crippen LogP contribution in [0.15, 0.2) is 47.1 Å². The Labute approximate surface area is 119 Å². The second kappa shape index (κ2) is 5.28. The summed E-state index contributed by atoms with van der Waals surface area (Å²) in [4.78, 5) is 13.5. The van der Waals surface area contributed by atoms with Crippen molar-refractivity contribution >= 4 is 5.78 Å². The maximum atomic E-state index is 12.9. The van der Waals surface area contributed by atoms with Crippen LogP contribution in [0.2, 0.25) is 0 Å². The summed E-state index contributed by atoms with van der Waals surface area (Å²) in [6.07, 6.45) is 1.50. The molecule has 1 atom stereocenters. The number of Topliss-reactive ketones (excluding diaryl/α,β-unsaturated/α-hetero) is 1. The number of carbonyl (C=O) groups excluding carboxylic acids is 1. The minimum Gasteiger partial charge on any atom is -0.461 e. The maximum absolute atomic E-state index is 12.9. The van der Waals surface area contributed by atoms with Crippen molar-refractivity contribution in [3.63, 3.8) is 0 Å². The lowest BCUT2D eigenvalue weighted by atomic mass is 10.1. The molecule has 0 N–H and O–H groups in total. The van der Waals surface area contributed by atoms with Gasteiger partial charge in [0.2, 0.25) is 5.82 Å². The van der Waals surface area contributed by atoms with Gasteiger partial charge in [0.15, 0.2) is 11.5 Å². The smallest absolute Gasteiger partial charge is 0.240 e. The monoisotopic (exact) mass is 286 g/mol. The van der Waals surface area contributed by atoms with Crippen molar-refractivity contribution in [2.75, 3.05) is 0 Å². The lowest BCUT2D eigenvalue weighted by Gasteiger charge is -2.08. The van der Waals surface area contributed by atoms with Crippen LogP contribution in [0, 0.1) is 5.82 Å². The predicted octanol–water partition coefficient (Wildman–Crippen LogP) is 2.52. The van der Waals surface area contributed by atoms with E-state index in [9.17, 15) is 9.18 Å².